The highest BCUT2D eigenvalue weighted by atomic mass is 32.1. The maximum atomic E-state index is 5.68. The maximum absolute atomic E-state index is 5.68. The van der Waals surface area contributed by atoms with Crippen LogP contribution >= 0.6 is 12.2 Å². The van der Waals surface area contributed by atoms with Crippen LogP contribution in [0.5, 0.6) is 5.75 Å². The summed E-state index contributed by atoms with van der Waals surface area (Å²) in [5.74, 6) is 1.29. The second kappa shape index (κ2) is 8.42. The molecule has 0 saturated carbocycles. The van der Waals surface area contributed by atoms with Crippen molar-refractivity contribution in [3.05, 3.63) is 77.4 Å². The lowest BCUT2D eigenvalue weighted by molar-refractivity contribution is -0.917. The Balaban J connectivity index is 1.43. The van der Waals surface area contributed by atoms with E-state index in [9.17, 15) is 0 Å². The molecular weight excluding hydrogens is 386 g/mol. The van der Waals surface area contributed by atoms with Gasteiger partial charge in [0, 0.05) is 17.3 Å². The first-order valence-electron chi connectivity index (χ1n) is 9.25. The van der Waals surface area contributed by atoms with Crippen molar-refractivity contribution in [2.45, 2.75) is 13.2 Å². The molecule has 2 aromatic carbocycles. The summed E-state index contributed by atoms with van der Waals surface area (Å²) in [6.07, 6.45) is 3.94. The summed E-state index contributed by atoms with van der Waals surface area (Å²) in [5.41, 5.74) is 3.04. The molecule has 4 rings (SSSR count). The average Bonchev–Trinajstić information content (AvgIpc) is 3.35. The van der Waals surface area contributed by atoms with E-state index in [0.29, 0.717) is 17.4 Å². The van der Waals surface area contributed by atoms with Crippen molar-refractivity contribution in [2.24, 2.45) is 0 Å². The van der Waals surface area contributed by atoms with E-state index in [-0.39, 0.29) is 0 Å². The molecule has 0 saturated heterocycles. The van der Waals surface area contributed by atoms with Gasteiger partial charge in [0.1, 0.15) is 12.3 Å². The predicted molar refractivity (Wildman–Crippen MR) is 111 cm³/mol. The van der Waals surface area contributed by atoms with Gasteiger partial charge in [0.15, 0.2) is 6.67 Å². The van der Waals surface area contributed by atoms with E-state index in [4.69, 9.17) is 21.4 Å². The first-order chi connectivity index (χ1) is 14.1. The highest BCUT2D eigenvalue weighted by Crippen LogP contribution is 2.21. The van der Waals surface area contributed by atoms with Gasteiger partial charge in [-0.25, -0.2) is 4.68 Å². The van der Waals surface area contributed by atoms with Gasteiger partial charge in [-0.3, -0.25) is 0 Å². The zero-order chi connectivity index (χ0) is 20.2. The highest BCUT2D eigenvalue weighted by Gasteiger charge is 2.13. The zero-order valence-electron chi connectivity index (χ0n) is 16.3. The average molecular weight is 409 g/mol. The summed E-state index contributed by atoms with van der Waals surface area (Å²) in [6, 6.07) is 17.6. The van der Waals surface area contributed by atoms with E-state index in [1.54, 1.807) is 11.8 Å². The van der Waals surface area contributed by atoms with Crippen molar-refractivity contribution >= 4 is 12.2 Å². The third kappa shape index (κ3) is 4.44. The van der Waals surface area contributed by atoms with Gasteiger partial charge in [-0.1, -0.05) is 18.2 Å². The molecule has 148 valence electrons. The lowest BCUT2D eigenvalue weighted by atomic mass is 10.2. The molecule has 1 atom stereocenters. The Labute approximate surface area is 173 Å². The summed E-state index contributed by atoms with van der Waals surface area (Å²) in [5, 5.41) is 8.99. The quantitative estimate of drug-likeness (QED) is 0.477. The molecule has 0 spiro atoms. The number of hydrogen-bond acceptors (Lipinski definition) is 5. The molecule has 1 unspecified atom stereocenters. The van der Waals surface area contributed by atoms with Gasteiger partial charge in [-0.15, -0.1) is 5.10 Å². The number of para-hydroxylation sites is 1. The largest absolute Gasteiger partial charge is 0.497 e. The molecule has 0 radical (unpaired) electrons. The second-order valence-electron chi connectivity index (χ2n) is 6.82. The number of aromatic nitrogens is 4. The van der Waals surface area contributed by atoms with Crippen LogP contribution in [0.4, 0.5) is 0 Å². The van der Waals surface area contributed by atoms with E-state index in [0.717, 1.165) is 29.1 Å². The number of nitrogens with zero attached hydrogens (tertiary/aromatic N) is 4. The van der Waals surface area contributed by atoms with Crippen molar-refractivity contribution in [2.75, 3.05) is 14.2 Å². The minimum Gasteiger partial charge on any atom is -0.497 e. The lowest BCUT2D eigenvalue weighted by Gasteiger charge is -2.11. The monoisotopic (exact) mass is 408 g/mol. The van der Waals surface area contributed by atoms with Crippen LogP contribution in [0.3, 0.4) is 0 Å². The maximum Gasteiger partial charge on any atom is 0.292 e. The summed E-state index contributed by atoms with van der Waals surface area (Å²) >= 11 is 5.35. The molecule has 0 fully saturated rings. The topological polar surface area (TPSA) is 62.5 Å². The molecule has 0 aliphatic carbocycles. The third-order valence-corrected chi connectivity index (χ3v) is 4.82. The number of methoxy groups -OCH3 is 1. The normalized spacial score (nSPS) is 12.1. The van der Waals surface area contributed by atoms with Crippen LogP contribution in [0.1, 0.15) is 5.56 Å². The van der Waals surface area contributed by atoms with Crippen LogP contribution < -0.4 is 9.64 Å². The second-order valence-corrected chi connectivity index (χ2v) is 7.17. The molecule has 0 amide bonds. The summed E-state index contributed by atoms with van der Waals surface area (Å²) in [7, 11) is 3.72. The van der Waals surface area contributed by atoms with Crippen LogP contribution in [0.15, 0.2) is 71.4 Å². The van der Waals surface area contributed by atoms with Gasteiger partial charge < -0.3 is 14.1 Å². The van der Waals surface area contributed by atoms with Crippen molar-refractivity contribution < 1.29 is 14.1 Å². The number of hydrogen-bond donors (Lipinski definition) is 1. The van der Waals surface area contributed by atoms with Gasteiger partial charge in [-0.05, 0) is 48.6 Å². The molecule has 7 nitrogen and oxygen atoms in total. The van der Waals surface area contributed by atoms with E-state index in [1.807, 2.05) is 71.7 Å². The number of benzene rings is 2. The van der Waals surface area contributed by atoms with Crippen LogP contribution in [0.25, 0.3) is 17.1 Å². The van der Waals surface area contributed by atoms with Crippen LogP contribution in [0.2, 0.25) is 0 Å². The van der Waals surface area contributed by atoms with Crippen molar-refractivity contribution in [1.82, 2.24) is 19.6 Å². The predicted octanol–water partition coefficient (Wildman–Crippen LogP) is 2.74. The Hall–Kier alpha value is -3.23. The fourth-order valence-corrected chi connectivity index (χ4v) is 3.27. The van der Waals surface area contributed by atoms with Crippen LogP contribution in [0, 0.1) is 4.84 Å². The highest BCUT2D eigenvalue weighted by molar-refractivity contribution is 7.71. The van der Waals surface area contributed by atoms with Gasteiger partial charge >= 0.3 is 0 Å². The Morgan fingerprint density at radius 3 is 2.59 bits per heavy atom. The fourth-order valence-electron chi connectivity index (χ4n) is 3.09. The van der Waals surface area contributed by atoms with E-state index in [1.165, 1.54) is 4.90 Å². The van der Waals surface area contributed by atoms with Crippen LogP contribution in [-0.2, 0) is 13.2 Å². The third-order valence-electron chi connectivity index (χ3n) is 4.53. The SMILES string of the molecule is COc1ccc(-c2nn(C[NH+](C)Cc3cnn(-c4ccccc4)c3)c(=S)o2)cc1. The fraction of sp³-hybridized carbons (Fsp3) is 0.190. The summed E-state index contributed by atoms with van der Waals surface area (Å²) in [4.78, 5) is 1.57. The van der Waals surface area contributed by atoms with Gasteiger partial charge in [0.05, 0.1) is 26.0 Å². The minimum atomic E-state index is 0.357. The number of ether oxygens (including phenoxy) is 1. The summed E-state index contributed by atoms with van der Waals surface area (Å²) < 4.78 is 14.5. The van der Waals surface area contributed by atoms with E-state index in [2.05, 4.69) is 17.2 Å². The lowest BCUT2D eigenvalue weighted by Crippen LogP contribution is -3.06. The Morgan fingerprint density at radius 1 is 1.10 bits per heavy atom. The standard InChI is InChI=1S/C21H21N5O2S/c1-24(13-16-12-22-25(14-16)18-6-4-3-5-7-18)15-26-21(29)28-20(23-26)17-8-10-19(27-2)11-9-17/h3-12,14H,13,15H2,1-2H3/p+1. The molecule has 0 aliphatic rings. The van der Waals surface area contributed by atoms with Crippen molar-refractivity contribution in [3.8, 4) is 22.9 Å². The van der Waals surface area contributed by atoms with Gasteiger partial charge in [-0.2, -0.15) is 9.78 Å². The summed E-state index contributed by atoms with van der Waals surface area (Å²) in [6.45, 7) is 1.38. The molecule has 1 N–H and O–H groups in total. The molecular formula is C21H22N5O2S+. The Kier molecular flexibility index (Phi) is 5.55. The first kappa shape index (κ1) is 19.1. The Morgan fingerprint density at radius 2 is 1.86 bits per heavy atom. The molecule has 0 aliphatic heterocycles. The van der Waals surface area contributed by atoms with Crippen molar-refractivity contribution in [3.63, 3.8) is 0 Å². The number of nitrogens with one attached hydrogen (secondary N) is 1. The smallest absolute Gasteiger partial charge is 0.292 e. The number of quaternary nitrogens is 1. The molecule has 2 aromatic heterocycles. The minimum absolute atomic E-state index is 0.357. The molecule has 8 heteroatoms. The van der Waals surface area contributed by atoms with Gasteiger partial charge in [0.25, 0.3) is 4.84 Å². The van der Waals surface area contributed by atoms with E-state index < -0.39 is 0 Å². The van der Waals surface area contributed by atoms with Gasteiger partial charge in [0.2, 0.25) is 5.89 Å². The first-order valence-corrected chi connectivity index (χ1v) is 9.66. The Bertz CT molecular complexity index is 1130. The van der Waals surface area contributed by atoms with Crippen molar-refractivity contribution in [1.29, 1.82) is 0 Å². The van der Waals surface area contributed by atoms with Crippen LogP contribution in [-0.4, -0.2) is 33.7 Å². The molecule has 29 heavy (non-hydrogen) atoms. The zero-order valence-corrected chi connectivity index (χ0v) is 17.1. The number of rotatable bonds is 7. The molecule has 2 heterocycles. The molecule has 4 aromatic rings. The molecule has 0 bridgehead atoms. The van der Waals surface area contributed by atoms with E-state index >= 15 is 0 Å².